The first-order valence-electron chi connectivity index (χ1n) is 9.02. The van der Waals surface area contributed by atoms with Crippen molar-refractivity contribution in [2.24, 2.45) is 11.8 Å². The Hall–Kier alpha value is -1.63. The normalized spacial score (nSPS) is 26.3. The molecule has 0 bridgehead atoms. The highest BCUT2D eigenvalue weighted by molar-refractivity contribution is 7.10. The smallest absolute Gasteiger partial charge is 0.103 e. The summed E-state index contributed by atoms with van der Waals surface area (Å²) in [5.74, 6) is 2.37. The molecule has 0 spiro atoms. The zero-order chi connectivity index (χ0) is 16.5. The number of nitrogens with zero attached hydrogens (tertiary/aromatic N) is 1. The van der Waals surface area contributed by atoms with Crippen molar-refractivity contribution in [3.8, 4) is 6.07 Å². The maximum atomic E-state index is 9.82. The van der Waals surface area contributed by atoms with Gasteiger partial charge < -0.3 is 0 Å². The van der Waals surface area contributed by atoms with Crippen molar-refractivity contribution in [1.82, 2.24) is 5.32 Å². The summed E-state index contributed by atoms with van der Waals surface area (Å²) < 4.78 is 0. The molecule has 5 atom stereocenters. The second kappa shape index (κ2) is 6.70. The summed E-state index contributed by atoms with van der Waals surface area (Å²) in [4.78, 5) is 1.50. The van der Waals surface area contributed by atoms with E-state index in [9.17, 15) is 5.26 Å². The van der Waals surface area contributed by atoms with Gasteiger partial charge in [0.2, 0.25) is 0 Å². The van der Waals surface area contributed by atoms with E-state index in [4.69, 9.17) is 0 Å². The van der Waals surface area contributed by atoms with Gasteiger partial charge in [-0.25, -0.2) is 0 Å². The largest absolute Gasteiger partial charge is 0.299 e. The predicted molar refractivity (Wildman–Crippen MR) is 99.1 cm³/mol. The number of hydrogen-bond acceptors (Lipinski definition) is 3. The van der Waals surface area contributed by atoms with Crippen LogP contribution in [0.4, 0.5) is 0 Å². The molecule has 2 saturated carbocycles. The highest BCUT2D eigenvalue weighted by Gasteiger charge is 2.45. The van der Waals surface area contributed by atoms with E-state index in [1.165, 1.54) is 29.7 Å². The van der Waals surface area contributed by atoms with Crippen LogP contribution in [0.3, 0.4) is 0 Å². The van der Waals surface area contributed by atoms with E-state index in [1.54, 1.807) is 0 Å². The summed E-state index contributed by atoms with van der Waals surface area (Å²) in [6.45, 7) is 2.26. The van der Waals surface area contributed by atoms with Gasteiger partial charge in [-0.15, -0.1) is 11.3 Å². The van der Waals surface area contributed by atoms with Crippen LogP contribution in [0.1, 0.15) is 48.5 Å². The maximum absolute atomic E-state index is 9.82. The van der Waals surface area contributed by atoms with E-state index in [1.807, 2.05) is 11.3 Å². The number of hydrogen-bond donors (Lipinski definition) is 1. The van der Waals surface area contributed by atoms with E-state index < -0.39 is 0 Å². The van der Waals surface area contributed by atoms with Gasteiger partial charge in [0.25, 0.3) is 0 Å². The Balaban J connectivity index is 1.44. The van der Waals surface area contributed by atoms with Crippen molar-refractivity contribution >= 4 is 11.3 Å². The molecule has 2 aromatic rings. The average Bonchev–Trinajstić information content (AvgIpc) is 3.54. The Bertz CT molecular complexity index is 699. The van der Waals surface area contributed by atoms with E-state index >= 15 is 0 Å². The molecule has 4 rings (SSSR count). The molecule has 0 radical (unpaired) electrons. The molecule has 0 saturated heterocycles. The Morgan fingerprint density at radius 1 is 1.17 bits per heavy atom. The lowest BCUT2D eigenvalue weighted by Gasteiger charge is -2.26. The molecule has 2 fully saturated rings. The standard InChI is InChI=1S/C21H24N2S/c1-14(17-12-18(17)20-8-5-11-24-20)23-19(13-22)21(16-9-10-16)15-6-3-2-4-7-15/h2-8,11,14,16-19,21,23H,9-10,12H2,1H3. The zero-order valence-electron chi connectivity index (χ0n) is 14.1. The van der Waals surface area contributed by atoms with Crippen molar-refractivity contribution in [2.75, 3.05) is 0 Å². The molecule has 0 aliphatic heterocycles. The van der Waals surface area contributed by atoms with Gasteiger partial charge in [-0.2, -0.15) is 5.26 Å². The molecule has 0 amide bonds. The van der Waals surface area contributed by atoms with Crippen molar-refractivity contribution in [1.29, 1.82) is 5.26 Å². The Labute approximate surface area is 148 Å². The van der Waals surface area contributed by atoms with Crippen LogP contribution < -0.4 is 5.32 Å². The minimum atomic E-state index is -0.0838. The van der Waals surface area contributed by atoms with E-state index in [2.05, 4.69) is 66.2 Å². The molecule has 2 nitrogen and oxygen atoms in total. The van der Waals surface area contributed by atoms with Gasteiger partial charge in [0.15, 0.2) is 0 Å². The van der Waals surface area contributed by atoms with Crippen LogP contribution in [-0.4, -0.2) is 12.1 Å². The lowest BCUT2D eigenvalue weighted by atomic mass is 9.87. The van der Waals surface area contributed by atoms with Crippen LogP contribution >= 0.6 is 11.3 Å². The van der Waals surface area contributed by atoms with Gasteiger partial charge in [0.1, 0.15) is 6.04 Å². The van der Waals surface area contributed by atoms with Crippen molar-refractivity contribution in [2.45, 2.75) is 50.1 Å². The number of nitrogens with one attached hydrogen (secondary N) is 1. The highest BCUT2D eigenvalue weighted by Crippen LogP contribution is 2.51. The average molecular weight is 337 g/mol. The minimum absolute atomic E-state index is 0.0838. The molecular weight excluding hydrogens is 312 g/mol. The molecule has 2 aliphatic carbocycles. The van der Waals surface area contributed by atoms with Crippen LogP contribution in [0.5, 0.6) is 0 Å². The molecule has 5 unspecified atom stereocenters. The Morgan fingerprint density at radius 3 is 2.58 bits per heavy atom. The first kappa shape index (κ1) is 15.9. The van der Waals surface area contributed by atoms with Crippen molar-refractivity contribution < 1.29 is 0 Å². The molecule has 2 aliphatic rings. The van der Waals surface area contributed by atoms with E-state index in [0.717, 1.165) is 0 Å². The molecule has 1 N–H and O–H groups in total. The molecule has 1 aromatic carbocycles. The number of benzene rings is 1. The molecule has 24 heavy (non-hydrogen) atoms. The molecule has 1 heterocycles. The summed E-state index contributed by atoms with van der Waals surface area (Å²) in [5.41, 5.74) is 1.32. The monoisotopic (exact) mass is 336 g/mol. The summed E-state index contributed by atoms with van der Waals surface area (Å²) in [6.07, 6.45) is 3.77. The zero-order valence-corrected chi connectivity index (χ0v) is 14.9. The van der Waals surface area contributed by atoms with Gasteiger partial charge in [0, 0.05) is 16.8 Å². The van der Waals surface area contributed by atoms with Gasteiger partial charge in [-0.1, -0.05) is 36.4 Å². The predicted octanol–water partition coefficient (Wildman–Crippen LogP) is 4.92. The topological polar surface area (TPSA) is 35.8 Å². The fraction of sp³-hybridized carbons (Fsp3) is 0.476. The van der Waals surface area contributed by atoms with Crippen LogP contribution in [0.2, 0.25) is 0 Å². The summed E-state index contributed by atoms with van der Waals surface area (Å²) >= 11 is 1.86. The van der Waals surface area contributed by atoms with Crippen molar-refractivity contribution in [3.63, 3.8) is 0 Å². The number of rotatable bonds is 7. The van der Waals surface area contributed by atoms with E-state index in [0.29, 0.717) is 29.7 Å². The third kappa shape index (κ3) is 3.27. The van der Waals surface area contributed by atoms with E-state index in [-0.39, 0.29) is 6.04 Å². The quantitative estimate of drug-likeness (QED) is 0.779. The fourth-order valence-electron chi connectivity index (χ4n) is 4.09. The Kier molecular flexibility index (Phi) is 4.43. The van der Waals surface area contributed by atoms with Gasteiger partial charge in [0.05, 0.1) is 6.07 Å². The third-order valence-electron chi connectivity index (χ3n) is 5.65. The summed E-state index contributed by atoms with van der Waals surface area (Å²) in [5, 5.41) is 15.7. The first-order valence-corrected chi connectivity index (χ1v) is 9.90. The molecule has 3 heteroatoms. The second-order valence-electron chi connectivity index (χ2n) is 7.36. The third-order valence-corrected chi connectivity index (χ3v) is 6.65. The van der Waals surface area contributed by atoms with Crippen LogP contribution in [0.15, 0.2) is 47.8 Å². The van der Waals surface area contributed by atoms with Crippen molar-refractivity contribution in [3.05, 3.63) is 58.3 Å². The summed E-state index contributed by atoms with van der Waals surface area (Å²) in [6, 6.07) is 17.9. The summed E-state index contributed by atoms with van der Waals surface area (Å²) in [7, 11) is 0. The number of nitriles is 1. The molecule has 1 aromatic heterocycles. The first-order chi connectivity index (χ1) is 11.8. The highest BCUT2D eigenvalue weighted by atomic mass is 32.1. The molecule has 124 valence electrons. The van der Waals surface area contributed by atoms with Gasteiger partial charge >= 0.3 is 0 Å². The second-order valence-corrected chi connectivity index (χ2v) is 8.34. The van der Waals surface area contributed by atoms with Crippen LogP contribution in [0.25, 0.3) is 0 Å². The van der Waals surface area contributed by atoms with Gasteiger partial charge in [-0.05, 0) is 60.9 Å². The lowest BCUT2D eigenvalue weighted by Crippen LogP contribution is -2.41. The fourth-order valence-corrected chi connectivity index (χ4v) is 5.01. The SMILES string of the molecule is CC(NC(C#N)C(c1ccccc1)C1CC1)C1CC1c1cccs1. The van der Waals surface area contributed by atoms with Crippen LogP contribution in [0, 0.1) is 23.2 Å². The molecular formula is C21H24N2S. The lowest BCUT2D eigenvalue weighted by molar-refractivity contribution is 0.394. The maximum Gasteiger partial charge on any atom is 0.103 e. The minimum Gasteiger partial charge on any atom is -0.299 e. The van der Waals surface area contributed by atoms with Crippen LogP contribution in [-0.2, 0) is 0 Å². The number of thiophene rings is 1. The Morgan fingerprint density at radius 2 is 1.96 bits per heavy atom. The van der Waals surface area contributed by atoms with Gasteiger partial charge in [-0.3, -0.25) is 5.32 Å².